The Morgan fingerprint density at radius 1 is 1.25 bits per heavy atom. The van der Waals surface area contributed by atoms with Crippen LogP contribution in [0, 0.1) is 0 Å². The summed E-state index contributed by atoms with van der Waals surface area (Å²) in [6.45, 7) is 0. The number of nitrogens with zero attached hydrogens (tertiary/aromatic N) is 2. The zero-order valence-corrected chi connectivity index (χ0v) is 9.40. The van der Waals surface area contributed by atoms with Gasteiger partial charge in [-0.15, -0.1) is 0 Å². The van der Waals surface area contributed by atoms with Crippen molar-refractivity contribution in [2.45, 2.75) is 0 Å². The van der Waals surface area contributed by atoms with E-state index in [0.717, 1.165) is 0 Å². The van der Waals surface area contributed by atoms with Gasteiger partial charge < -0.3 is 5.11 Å². The third-order valence-electron chi connectivity index (χ3n) is 1.92. The van der Waals surface area contributed by atoms with E-state index in [1.165, 1.54) is 16.9 Å². The summed E-state index contributed by atoms with van der Waals surface area (Å²) in [5, 5.41) is 13.5. The van der Waals surface area contributed by atoms with E-state index in [1.807, 2.05) is 0 Å². The summed E-state index contributed by atoms with van der Waals surface area (Å²) in [6, 6.07) is 6.28. The maximum absolute atomic E-state index is 10.7. The summed E-state index contributed by atoms with van der Waals surface area (Å²) < 4.78 is 1.40. The van der Waals surface area contributed by atoms with Crippen molar-refractivity contribution in [3.05, 3.63) is 46.2 Å². The second-order valence-electron chi connectivity index (χ2n) is 3.08. The molecule has 0 unspecified atom stereocenters. The van der Waals surface area contributed by atoms with Crippen LogP contribution in [0.15, 0.2) is 30.5 Å². The van der Waals surface area contributed by atoms with Gasteiger partial charge in [-0.05, 0) is 24.3 Å². The normalized spacial score (nSPS) is 10.4. The molecule has 0 saturated heterocycles. The van der Waals surface area contributed by atoms with Crippen molar-refractivity contribution in [1.82, 2.24) is 9.78 Å². The highest BCUT2D eigenvalue weighted by atomic mass is 35.5. The zero-order valence-electron chi connectivity index (χ0n) is 7.89. The minimum atomic E-state index is -1.08. The number of halogens is 2. The molecule has 0 amide bonds. The second kappa shape index (κ2) is 4.15. The Bertz CT molecular complexity index is 531. The number of carboxylic acid groups (broad SMARTS) is 1. The van der Waals surface area contributed by atoms with Crippen molar-refractivity contribution in [3.63, 3.8) is 0 Å². The Labute approximate surface area is 101 Å². The molecule has 0 atom stereocenters. The van der Waals surface area contributed by atoms with Crippen LogP contribution in [-0.2, 0) is 0 Å². The number of aromatic nitrogens is 2. The van der Waals surface area contributed by atoms with Crippen molar-refractivity contribution < 1.29 is 9.90 Å². The molecule has 0 radical (unpaired) electrons. The van der Waals surface area contributed by atoms with Crippen molar-refractivity contribution in [3.8, 4) is 5.69 Å². The van der Waals surface area contributed by atoms with Crippen LogP contribution < -0.4 is 0 Å². The van der Waals surface area contributed by atoms with Crippen LogP contribution >= 0.6 is 23.2 Å². The first kappa shape index (κ1) is 11.0. The van der Waals surface area contributed by atoms with Gasteiger partial charge in [-0.1, -0.05) is 23.2 Å². The molecule has 1 aromatic heterocycles. The summed E-state index contributed by atoms with van der Waals surface area (Å²) in [5.74, 6) is -1.08. The third-order valence-corrected chi connectivity index (χ3v) is 2.36. The Morgan fingerprint density at radius 2 is 1.88 bits per heavy atom. The number of carboxylic acids is 1. The summed E-state index contributed by atoms with van der Waals surface area (Å²) in [6.07, 6.45) is 1.53. The topological polar surface area (TPSA) is 55.1 Å². The van der Waals surface area contributed by atoms with Crippen LogP contribution in [0.4, 0.5) is 0 Å². The Morgan fingerprint density at radius 3 is 2.38 bits per heavy atom. The van der Waals surface area contributed by atoms with E-state index in [-0.39, 0.29) is 5.69 Å². The van der Waals surface area contributed by atoms with Crippen LogP contribution in [-0.4, -0.2) is 20.9 Å². The van der Waals surface area contributed by atoms with Gasteiger partial charge in [-0.2, -0.15) is 5.10 Å². The van der Waals surface area contributed by atoms with Gasteiger partial charge in [0.15, 0.2) is 5.69 Å². The molecule has 0 saturated carbocycles. The Hall–Kier alpha value is -1.52. The molecule has 82 valence electrons. The molecular formula is C10H6Cl2N2O2. The highest BCUT2D eigenvalue weighted by molar-refractivity contribution is 6.34. The summed E-state index contributed by atoms with van der Waals surface area (Å²) >= 11 is 11.7. The third kappa shape index (κ3) is 2.18. The fourth-order valence-corrected chi connectivity index (χ4v) is 1.77. The molecule has 0 bridgehead atoms. The second-order valence-corrected chi connectivity index (χ2v) is 3.95. The van der Waals surface area contributed by atoms with Crippen molar-refractivity contribution >= 4 is 29.2 Å². The molecule has 4 nitrogen and oxygen atoms in total. The average molecular weight is 257 g/mol. The van der Waals surface area contributed by atoms with Gasteiger partial charge in [0.05, 0.1) is 5.69 Å². The lowest BCUT2D eigenvalue weighted by Crippen LogP contribution is -2.00. The molecule has 2 aromatic rings. The highest BCUT2D eigenvalue weighted by Crippen LogP contribution is 2.21. The number of carbonyl (C=O) groups is 1. The van der Waals surface area contributed by atoms with Crippen molar-refractivity contribution in [2.75, 3.05) is 0 Å². The number of hydrogen-bond donors (Lipinski definition) is 1. The molecule has 0 aliphatic heterocycles. The lowest BCUT2D eigenvalue weighted by Gasteiger charge is -2.02. The maximum atomic E-state index is 10.7. The average Bonchev–Trinajstić information content (AvgIpc) is 2.64. The quantitative estimate of drug-likeness (QED) is 0.899. The van der Waals surface area contributed by atoms with E-state index in [2.05, 4.69) is 5.10 Å². The molecule has 0 aliphatic carbocycles. The molecule has 2 rings (SSSR count). The molecule has 16 heavy (non-hydrogen) atoms. The number of rotatable bonds is 2. The lowest BCUT2D eigenvalue weighted by atomic mass is 10.3. The smallest absolute Gasteiger partial charge is 0.356 e. The Kier molecular flexibility index (Phi) is 2.85. The molecule has 1 aromatic carbocycles. The first-order chi connectivity index (χ1) is 7.56. The van der Waals surface area contributed by atoms with E-state index in [0.29, 0.717) is 15.7 Å². The fourth-order valence-electron chi connectivity index (χ4n) is 1.25. The minimum absolute atomic E-state index is 0.0314. The molecule has 0 aliphatic rings. The van der Waals surface area contributed by atoms with Gasteiger partial charge in [0.1, 0.15) is 0 Å². The van der Waals surface area contributed by atoms with E-state index in [1.54, 1.807) is 18.2 Å². The van der Waals surface area contributed by atoms with Crippen LogP contribution in [0.1, 0.15) is 10.5 Å². The van der Waals surface area contributed by atoms with Crippen molar-refractivity contribution in [2.24, 2.45) is 0 Å². The van der Waals surface area contributed by atoms with E-state index >= 15 is 0 Å². The molecule has 1 heterocycles. The highest BCUT2D eigenvalue weighted by Gasteiger charge is 2.08. The molecule has 6 heteroatoms. The van der Waals surface area contributed by atoms with E-state index < -0.39 is 5.97 Å². The van der Waals surface area contributed by atoms with Crippen LogP contribution in [0.3, 0.4) is 0 Å². The molecule has 0 spiro atoms. The molecule has 0 fully saturated rings. The zero-order chi connectivity index (χ0) is 11.7. The van der Waals surface area contributed by atoms with Crippen LogP contribution in [0.5, 0.6) is 0 Å². The standard InChI is InChI=1S/C10H6Cl2N2O2/c11-6-3-7(12)5-8(4-6)14-2-1-9(13-14)10(15)16/h1-5H,(H,15,16). The fraction of sp³-hybridized carbons (Fsp3) is 0. The number of aromatic carboxylic acids is 1. The Balaban J connectivity index is 2.46. The van der Waals surface area contributed by atoms with Gasteiger partial charge >= 0.3 is 5.97 Å². The lowest BCUT2D eigenvalue weighted by molar-refractivity contribution is 0.0690. The maximum Gasteiger partial charge on any atom is 0.356 e. The first-order valence-corrected chi connectivity index (χ1v) is 5.07. The predicted octanol–water partition coefficient (Wildman–Crippen LogP) is 2.88. The summed E-state index contributed by atoms with van der Waals surface area (Å²) in [4.78, 5) is 10.7. The van der Waals surface area contributed by atoms with Gasteiger partial charge in [-0.3, -0.25) is 0 Å². The molecule has 1 N–H and O–H groups in total. The largest absolute Gasteiger partial charge is 0.476 e. The van der Waals surface area contributed by atoms with Gasteiger partial charge in [-0.25, -0.2) is 9.48 Å². The van der Waals surface area contributed by atoms with Crippen molar-refractivity contribution in [1.29, 1.82) is 0 Å². The first-order valence-electron chi connectivity index (χ1n) is 4.32. The predicted molar refractivity (Wildman–Crippen MR) is 60.5 cm³/mol. The number of hydrogen-bond acceptors (Lipinski definition) is 2. The minimum Gasteiger partial charge on any atom is -0.476 e. The van der Waals surface area contributed by atoms with Gasteiger partial charge in [0, 0.05) is 16.2 Å². The monoisotopic (exact) mass is 256 g/mol. The SMILES string of the molecule is O=C(O)c1ccn(-c2cc(Cl)cc(Cl)c2)n1. The van der Waals surface area contributed by atoms with E-state index in [9.17, 15) is 4.79 Å². The molecular weight excluding hydrogens is 251 g/mol. The van der Waals surface area contributed by atoms with Crippen LogP contribution in [0.25, 0.3) is 5.69 Å². The summed E-state index contributed by atoms with van der Waals surface area (Å²) in [7, 11) is 0. The van der Waals surface area contributed by atoms with Gasteiger partial charge in [0.2, 0.25) is 0 Å². The van der Waals surface area contributed by atoms with Crippen LogP contribution in [0.2, 0.25) is 10.0 Å². The summed E-state index contributed by atoms with van der Waals surface area (Å²) in [5.41, 5.74) is 0.584. The number of benzene rings is 1. The van der Waals surface area contributed by atoms with E-state index in [4.69, 9.17) is 28.3 Å². The van der Waals surface area contributed by atoms with Gasteiger partial charge in [0.25, 0.3) is 0 Å².